The standard InChI is InChI=1S/C20H23FN2O2/c21-17-6-8-18(9-7-17)22-20(19(24)25)11-14-23(15-12-20)13-10-16-4-2-1-3-5-16/h1-9,22H,10-15H2,(H,24,25). The van der Waals surface area contributed by atoms with E-state index in [0.717, 1.165) is 26.1 Å². The Hall–Kier alpha value is -2.40. The third-order valence-electron chi connectivity index (χ3n) is 4.91. The molecule has 1 aliphatic heterocycles. The number of rotatable bonds is 6. The number of carboxylic acids is 1. The maximum absolute atomic E-state index is 13.0. The largest absolute Gasteiger partial charge is 0.480 e. The maximum atomic E-state index is 13.0. The van der Waals surface area contributed by atoms with Gasteiger partial charge in [-0.2, -0.15) is 0 Å². The highest BCUT2D eigenvalue weighted by molar-refractivity contribution is 5.83. The van der Waals surface area contributed by atoms with Crippen molar-refractivity contribution in [3.8, 4) is 0 Å². The van der Waals surface area contributed by atoms with Gasteiger partial charge in [-0.15, -0.1) is 0 Å². The molecule has 1 heterocycles. The quantitative estimate of drug-likeness (QED) is 0.845. The number of nitrogens with one attached hydrogen (secondary N) is 1. The van der Waals surface area contributed by atoms with Gasteiger partial charge in [-0.1, -0.05) is 30.3 Å². The fourth-order valence-corrected chi connectivity index (χ4v) is 3.29. The van der Waals surface area contributed by atoms with E-state index >= 15 is 0 Å². The molecule has 1 aliphatic rings. The smallest absolute Gasteiger partial charge is 0.329 e. The molecule has 0 aliphatic carbocycles. The van der Waals surface area contributed by atoms with Crippen molar-refractivity contribution in [1.29, 1.82) is 0 Å². The number of anilines is 1. The highest BCUT2D eigenvalue weighted by Crippen LogP contribution is 2.28. The summed E-state index contributed by atoms with van der Waals surface area (Å²) in [6.07, 6.45) is 2.01. The van der Waals surface area contributed by atoms with Crippen LogP contribution in [0.25, 0.3) is 0 Å². The van der Waals surface area contributed by atoms with Crippen LogP contribution in [0.2, 0.25) is 0 Å². The van der Waals surface area contributed by atoms with E-state index in [-0.39, 0.29) is 5.82 Å². The topological polar surface area (TPSA) is 52.6 Å². The molecule has 1 fully saturated rings. The molecule has 0 amide bonds. The van der Waals surface area contributed by atoms with Crippen LogP contribution in [0.4, 0.5) is 10.1 Å². The zero-order valence-corrected chi connectivity index (χ0v) is 14.1. The monoisotopic (exact) mass is 342 g/mol. The first kappa shape index (κ1) is 17.4. The molecule has 0 bridgehead atoms. The molecule has 0 atom stereocenters. The minimum absolute atomic E-state index is 0.328. The lowest BCUT2D eigenvalue weighted by Crippen LogP contribution is -2.54. The lowest BCUT2D eigenvalue weighted by molar-refractivity contribution is -0.144. The first-order valence-electron chi connectivity index (χ1n) is 8.61. The van der Waals surface area contributed by atoms with E-state index in [1.807, 2.05) is 18.2 Å². The molecule has 0 spiro atoms. The summed E-state index contributed by atoms with van der Waals surface area (Å²) >= 11 is 0. The molecule has 3 rings (SSSR count). The minimum atomic E-state index is -0.985. The van der Waals surface area contributed by atoms with E-state index in [1.54, 1.807) is 12.1 Å². The number of aliphatic carboxylic acids is 1. The number of piperidine rings is 1. The third-order valence-corrected chi connectivity index (χ3v) is 4.91. The summed E-state index contributed by atoms with van der Waals surface area (Å²) < 4.78 is 13.0. The molecule has 1 saturated heterocycles. The molecule has 0 saturated carbocycles. The van der Waals surface area contributed by atoms with Crippen LogP contribution >= 0.6 is 0 Å². The molecule has 132 valence electrons. The van der Waals surface area contributed by atoms with Gasteiger partial charge in [0.15, 0.2) is 0 Å². The molecule has 5 heteroatoms. The van der Waals surface area contributed by atoms with Crippen LogP contribution in [0.5, 0.6) is 0 Å². The molecule has 0 aromatic heterocycles. The number of halogens is 1. The van der Waals surface area contributed by atoms with Crippen molar-refractivity contribution in [3.63, 3.8) is 0 Å². The summed E-state index contributed by atoms with van der Waals surface area (Å²) in [5, 5.41) is 12.9. The molecule has 4 nitrogen and oxygen atoms in total. The van der Waals surface area contributed by atoms with Crippen molar-refractivity contribution >= 4 is 11.7 Å². The van der Waals surface area contributed by atoms with Gasteiger partial charge in [0.05, 0.1) is 0 Å². The van der Waals surface area contributed by atoms with Crippen LogP contribution in [-0.4, -0.2) is 41.1 Å². The molecule has 2 aromatic rings. The number of likely N-dealkylation sites (tertiary alicyclic amines) is 1. The molecule has 0 unspecified atom stereocenters. The molecular formula is C20H23FN2O2. The fraction of sp³-hybridized carbons (Fsp3) is 0.350. The van der Waals surface area contributed by atoms with Crippen LogP contribution in [0.15, 0.2) is 54.6 Å². The van der Waals surface area contributed by atoms with Gasteiger partial charge < -0.3 is 15.3 Å². The van der Waals surface area contributed by atoms with Gasteiger partial charge in [-0.05, 0) is 49.1 Å². The van der Waals surface area contributed by atoms with Gasteiger partial charge in [0, 0.05) is 25.3 Å². The van der Waals surface area contributed by atoms with Crippen molar-refractivity contribution in [3.05, 3.63) is 66.0 Å². The highest BCUT2D eigenvalue weighted by Gasteiger charge is 2.41. The van der Waals surface area contributed by atoms with E-state index in [4.69, 9.17) is 0 Å². The number of hydrogen-bond acceptors (Lipinski definition) is 3. The number of carboxylic acid groups (broad SMARTS) is 1. The summed E-state index contributed by atoms with van der Waals surface area (Å²) in [6, 6.07) is 16.2. The van der Waals surface area contributed by atoms with E-state index in [9.17, 15) is 14.3 Å². The normalized spacial score (nSPS) is 17.2. The van der Waals surface area contributed by atoms with Gasteiger partial charge in [0.1, 0.15) is 11.4 Å². The summed E-state index contributed by atoms with van der Waals surface area (Å²) in [7, 11) is 0. The van der Waals surface area contributed by atoms with Gasteiger partial charge in [0.25, 0.3) is 0 Å². The number of hydrogen-bond donors (Lipinski definition) is 2. The summed E-state index contributed by atoms with van der Waals surface area (Å²) in [6.45, 7) is 2.39. The number of benzene rings is 2. The second-order valence-electron chi connectivity index (χ2n) is 6.60. The summed E-state index contributed by atoms with van der Waals surface area (Å²) in [5.74, 6) is -1.18. The van der Waals surface area contributed by atoms with Crippen LogP contribution < -0.4 is 5.32 Å². The predicted molar refractivity (Wildman–Crippen MR) is 96.2 cm³/mol. The van der Waals surface area contributed by atoms with Crippen molar-refractivity contribution < 1.29 is 14.3 Å². The van der Waals surface area contributed by atoms with Crippen LogP contribution in [-0.2, 0) is 11.2 Å². The first-order chi connectivity index (χ1) is 12.1. The van der Waals surface area contributed by atoms with Crippen LogP contribution in [0, 0.1) is 5.82 Å². The number of carbonyl (C=O) groups is 1. The van der Waals surface area contributed by atoms with Crippen molar-refractivity contribution in [1.82, 2.24) is 4.90 Å². The van der Waals surface area contributed by atoms with E-state index < -0.39 is 11.5 Å². The maximum Gasteiger partial charge on any atom is 0.329 e. The Morgan fingerprint density at radius 2 is 1.72 bits per heavy atom. The molecule has 2 aromatic carbocycles. The van der Waals surface area contributed by atoms with Crippen molar-refractivity contribution in [2.45, 2.75) is 24.8 Å². The predicted octanol–water partition coefficient (Wildman–Crippen LogP) is 3.40. The second-order valence-corrected chi connectivity index (χ2v) is 6.60. The highest BCUT2D eigenvalue weighted by atomic mass is 19.1. The van der Waals surface area contributed by atoms with Gasteiger partial charge in [-0.25, -0.2) is 9.18 Å². The zero-order valence-electron chi connectivity index (χ0n) is 14.1. The molecule has 25 heavy (non-hydrogen) atoms. The minimum Gasteiger partial charge on any atom is -0.480 e. The summed E-state index contributed by atoms with van der Waals surface area (Å²) in [4.78, 5) is 14.2. The zero-order chi connectivity index (χ0) is 17.7. The van der Waals surface area contributed by atoms with Crippen LogP contribution in [0.3, 0.4) is 0 Å². The van der Waals surface area contributed by atoms with Crippen molar-refractivity contribution in [2.24, 2.45) is 0 Å². The fourth-order valence-electron chi connectivity index (χ4n) is 3.29. The van der Waals surface area contributed by atoms with Crippen LogP contribution in [0.1, 0.15) is 18.4 Å². The average Bonchev–Trinajstić information content (AvgIpc) is 2.64. The molecule has 2 N–H and O–H groups in total. The first-order valence-corrected chi connectivity index (χ1v) is 8.61. The van der Waals surface area contributed by atoms with Gasteiger partial charge >= 0.3 is 5.97 Å². The van der Waals surface area contributed by atoms with E-state index in [1.165, 1.54) is 17.7 Å². The Bertz CT molecular complexity index is 695. The van der Waals surface area contributed by atoms with Gasteiger partial charge in [0.2, 0.25) is 0 Å². The Morgan fingerprint density at radius 3 is 2.32 bits per heavy atom. The molecular weight excluding hydrogens is 319 g/mol. The average molecular weight is 342 g/mol. The summed E-state index contributed by atoms with van der Waals surface area (Å²) in [5.41, 5.74) is 0.949. The Morgan fingerprint density at radius 1 is 1.08 bits per heavy atom. The van der Waals surface area contributed by atoms with E-state index in [0.29, 0.717) is 18.5 Å². The second kappa shape index (κ2) is 7.66. The lowest BCUT2D eigenvalue weighted by Gasteiger charge is -2.40. The Kier molecular flexibility index (Phi) is 5.34. The Balaban J connectivity index is 1.58. The van der Waals surface area contributed by atoms with Gasteiger partial charge in [-0.3, -0.25) is 0 Å². The van der Waals surface area contributed by atoms with E-state index in [2.05, 4.69) is 22.3 Å². The SMILES string of the molecule is O=C(O)C1(Nc2ccc(F)cc2)CCN(CCc2ccccc2)CC1. The third kappa shape index (κ3) is 4.37. The Labute approximate surface area is 147 Å². The van der Waals surface area contributed by atoms with Crippen molar-refractivity contribution in [2.75, 3.05) is 25.0 Å². The lowest BCUT2D eigenvalue weighted by atomic mass is 9.87. The number of nitrogens with zero attached hydrogens (tertiary/aromatic N) is 1. The molecule has 0 radical (unpaired) electrons.